The minimum Gasteiger partial charge on any atom is -0.506 e. The van der Waals surface area contributed by atoms with Crippen molar-refractivity contribution >= 4 is 79.8 Å². The van der Waals surface area contributed by atoms with Crippen molar-refractivity contribution in [2.45, 2.75) is 13.8 Å². The number of phenols is 1. The van der Waals surface area contributed by atoms with E-state index >= 15 is 0 Å². The van der Waals surface area contributed by atoms with Crippen molar-refractivity contribution in [3.8, 4) is 5.75 Å². The molecular formula is C18H14I2N2O2S. The Labute approximate surface area is 177 Å². The van der Waals surface area contributed by atoms with E-state index in [1.54, 1.807) is 6.08 Å². The molecule has 128 valence electrons. The number of phenolic OH excluding ortho intramolecular Hbond substituents is 1. The van der Waals surface area contributed by atoms with E-state index in [-0.39, 0.29) is 11.7 Å². The minimum absolute atomic E-state index is 0.182. The lowest BCUT2D eigenvalue weighted by atomic mass is 10.1. The van der Waals surface area contributed by atoms with Crippen LogP contribution in [0.2, 0.25) is 0 Å². The van der Waals surface area contributed by atoms with Crippen molar-refractivity contribution in [3.63, 3.8) is 0 Å². The largest absolute Gasteiger partial charge is 0.506 e. The molecule has 1 saturated heterocycles. The number of hydrogen-bond acceptors (Lipinski definition) is 4. The molecule has 1 heterocycles. The van der Waals surface area contributed by atoms with Gasteiger partial charge in [-0.25, -0.2) is 4.99 Å². The first-order valence-electron chi connectivity index (χ1n) is 7.38. The number of benzene rings is 2. The second-order valence-electron chi connectivity index (χ2n) is 5.65. The first kappa shape index (κ1) is 18.7. The Hall–Kier alpha value is -1.07. The quantitative estimate of drug-likeness (QED) is 0.386. The molecule has 1 aliphatic heterocycles. The molecule has 2 aromatic rings. The number of aliphatic imine (C=N–C) groups is 1. The molecule has 0 unspecified atom stereocenters. The molecule has 7 heteroatoms. The molecule has 2 N–H and O–H groups in total. The highest BCUT2D eigenvalue weighted by Crippen LogP contribution is 2.33. The van der Waals surface area contributed by atoms with Crippen molar-refractivity contribution < 1.29 is 9.90 Å². The van der Waals surface area contributed by atoms with Crippen LogP contribution in [0.25, 0.3) is 6.08 Å². The molecule has 1 aliphatic rings. The Morgan fingerprint density at radius 2 is 1.80 bits per heavy atom. The van der Waals surface area contributed by atoms with Crippen LogP contribution in [0.1, 0.15) is 16.7 Å². The van der Waals surface area contributed by atoms with Gasteiger partial charge in [0.2, 0.25) is 0 Å². The summed E-state index contributed by atoms with van der Waals surface area (Å²) in [6.07, 6.45) is 1.70. The zero-order chi connectivity index (χ0) is 18.1. The second-order valence-corrected chi connectivity index (χ2v) is 9.09. The van der Waals surface area contributed by atoms with E-state index in [4.69, 9.17) is 0 Å². The normalized spacial score (nSPS) is 17.4. The van der Waals surface area contributed by atoms with Gasteiger partial charge in [0.15, 0.2) is 5.17 Å². The van der Waals surface area contributed by atoms with E-state index in [2.05, 4.69) is 61.6 Å². The maximum absolute atomic E-state index is 12.2. The van der Waals surface area contributed by atoms with Crippen molar-refractivity contribution in [1.82, 2.24) is 5.32 Å². The van der Waals surface area contributed by atoms with Crippen LogP contribution in [0.5, 0.6) is 5.75 Å². The number of amidine groups is 1. The molecule has 4 nitrogen and oxygen atoms in total. The molecule has 0 aromatic heterocycles. The fraction of sp³-hybridized carbons (Fsp3) is 0.111. The number of carbonyl (C=O) groups excluding carboxylic acids is 1. The SMILES string of the molecule is Cc1cc(C)cc(N=C2NC(=O)/C(=C/c3cc(I)cc(I)c3O)S2)c1. The zero-order valence-corrected chi connectivity index (χ0v) is 18.6. The molecule has 0 bridgehead atoms. The second kappa shape index (κ2) is 7.67. The summed E-state index contributed by atoms with van der Waals surface area (Å²) in [5.41, 5.74) is 3.69. The molecule has 1 fully saturated rings. The number of thioether (sulfide) groups is 1. The molecule has 2 aromatic carbocycles. The topological polar surface area (TPSA) is 61.7 Å². The van der Waals surface area contributed by atoms with E-state index in [0.717, 1.165) is 24.0 Å². The third-order valence-corrected chi connectivity index (χ3v) is 5.79. The summed E-state index contributed by atoms with van der Waals surface area (Å²) < 4.78 is 1.75. The van der Waals surface area contributed by atoms with E-state index in [1.165, 1.54) is 11.8 Å². The summed E-state index contributed by atoms with van der Waals surface area (Å²) in [4.78, 5) is 17.3. The number of hydrogen-bond donors (Lipinski definition) is 2. The predicted molar refractivity (Wildman–Crippen MR) is 120 cm³/mol. The maximum atomic E-state index is 12.2. The molecule has 0 radical (unpaired) electrons. The maximum Gasteiger partial charge on any atom is 0.264 e. The van der Waals surface area contributed by atoms with E-state index in [9.17, 15) is 9.90 Å². The number of halogens is 2. The highest BCUT2D eigenvalue weighted by atomic mass is 127. The fourth-order valence-electron chi connectivity index (χ4n) is 2.45. The number of aromatic hydroxyl groups is 1. The molecule has 25 heavy (non-hydrogen) atoms. The van der Waals surface area contributed by atoms with Gasteiger partial charge in [0, 0.05) is 9.13 Å². The Morgan fingerprint density at radius 3 is 2.48 bits per heavy atom. The lowest BCUT2D eigenvalue weighted by Crippen LogP contribution is -2.19. The molecule has 1 amide bonds. The molecule has 0 aliphatic carbocycles. The number of amides is 1. The van der Waals surface area contributed by atoms with Crippen LogP contribution in [0, 0.1) is 21.0 Å². The van der Waals surface area contributed by atoms with Gasteiger partial charge in [-0.05, 0) is 112 Å². The van der Waals surface area contributed by atoms with Crippen molar-refractivity contribution in [2.75, 3.05) is 0 Å². The highest BCUT2D eigenvalue weighted by Gasteiger charge is 2.24. The van der Waals surface area contributed by atoms with Crippen molar-refractivity contribution in [2.24, 2.45) is 4.99 Å². The van der Waals surface area contributed by atoms with Crippen LogP contribution in [-0.2, 0) is 4.79 Å². The highest BCUT2D eigenvalue weighted by molar-refractivity contribution is 14.1. The van der Waals surface area contributed by atoms with Crippen molar-refractivity contribution in [3.05, 3.63) is 59.1 Å². The van der Waals surface area contributed by atoms with Gasteiger partial charge in [-0.3, -0.25) is 4.79 Å². The number of rotatable bonds is 2. The van der Waals surface area contributed by atoms with Crippen LogP contribution in [0.3, 0.4) is 0 Å². The van der Waals surface area contributed by atoms with Gasteiger partial charge in [-0.2, -0.15) is 0 Å². The number of carbonyl (C=O) groups is 1. The smallest absolute Gasteiger partial charge is 0.264 e. The fourth-order valence-corrected chi connectivity index (χ4v) is 5.17. The summed E-state index contributed by atoms with van der Waals surface area (Å²) in [5, 5.41) is 13.5. The van der Waals surface area contributed by atoms with Crippen LogP contribution in [0.15, 0.2) is 40.2 Å². The van der Waals surface area contributed by atoms with Gasteiger partial charge in [-0.1, -0.05) is 6.07 Å². The molecule has 0 spiro atoms. The van der Waals surface area contributed by atoms with Gasteiger partial charge in [0.1, 0.15) is 5.75 Å². The van der Waals surface area contributed by atoms with Gasteiger partial charge < -0.3 is 10.4 Å². The Bertz CT molecular complexity index is 919. The third-order valence-electron chi connectivity index (χ3n) is 3.43. The Balaban J connectivity index is 1.91. The van der Waals surface area contributed by atoms with E-state index < -0.39 is 0 Å². The summed E-state index contributed by atoms with van der Waals surface area (Å²) in [6, 6.07) is 9.76. The summed E-state index contributed by atoms with van der Waals surface area (Å²) >= 11 is 5.54. The molecule has 3 rings (SSSR count). The average Bonchev–Trinajstić information content (AvgIpc) is 2.82. The number of aryl methyl sites for hydroxylation is 2. The van der Waals surface area contributed by atoms with Crippen LogP contribution in [0.4, 0.5) is 5.69 Å². The molecule has 0 atom stereocenters. The number of nitrogens with one attached hydrogen (secondary N) is 1. The predicted octanol–water partition coefficient (Wildman–Crippen LogP) is 5.11. The summed E-state index contributed by atoms with van der Waals surface area (Å²) in [6.45, 7) is 4.04. The summed E-state index contributed by atoms with van der Waals surface area (Å²) in [7, 11) is 0. The lowest BCUT2D eigenvalue weighted by Gasteiger charge is -2.03. The van der Waals surface area contributed by atoms with Crippen LogP contribution in [-0.4, -0.2) is 16.2 Å². The van der Waals surface area contributed by atoms with E-state index in [1.807, 2.05) is 38.1 Å². The Kier molecular flexibility index (Phi) is 5.74. The molecular weight excluding hydrogens is 562 g/mol. The van der Waals surface area contributed by atoms with Gasteiger partial charge in [0.05, 0.1) is 14.2 Å². The first-order chi connectivity index (χ1) is 11.8. The first-order valence-corrected chi connectivity index (χ1v) is 10.3. The van der Waals surface area contributed by atoms with Gasteiger partial charge in [-0.15, -0.1) is 0 Å². The standard InChI is InChI=1S/C18H14I2N2O2S/c1-9-3-10(2)5-13(4-9)21-18-22-17(24)15(25-18)7-11-6-12(19)8-14(20)16(11)23/h3-8,23H,1-2H3,(H,21,22,24)/b15-7-. The lowest BCUT2D eigenvalue weighted by molar-refractivity contribution is -0.115. The summed E-state index contributed by atoms with van der Waals surface area (Å²) in [5.74, 6) is -0.0250. The van der Waals surface area contributed by atoms with Gasteiger partial charge in [0.25, 0.3) is 5.91 Å². The van der Waals surface area contributed by atoms with Gasteiger partial charge >= 0.3 is 0 Å². The minimum atomic E-state index is -0.207. The van der Waals surface area contributed by atoms with Crippen LogP contribution < -0.4 is 5.32 Å². The third kappa shape index (κ3) is 4.56. The monoisotopic (exact) mass is 576 g/mol. The average molecular weight is 576 g/mol. The Morgan fingerprint density at radius 1 is 1.12 bits per heavy atom. The van der Waals surface area contributed by atoms with Crippen molar-refractivity contribution in [1.29, 1.82) is 0 Å². The van der Waals surface area contributed by atoms with Crippen LogP contribution >= 0.6 is 56.9 Å². The number of nitrogens with zero attached hydrogens (tertiary/aromatic N) is 1. The molecule has 0 saturated carbocycles. The van der Waals surface area contributed by atoms with E-state index in [0.29, 0.717) is 15.6 Å². The zero-order valence-electron chi connectivity index (χ0n) is 13.4.